The molecule has 0 unspecified atom stereocenters. The van der Waals surface area contributed by atoms with Crippen molar-refractivity contribution in [2.24, 2.45) is 0 Å². The second kappa shape index (κ2) is 6.81. The number of hydrogen-bond acceptors (Lipinski definition) is 5. The molecule has 8 nitrogen and oxygen atoms in total. The zero-order valence-electron chi connectivity index (χ0n) is 16.3. The minimum absolute atomic E-state index is 0.00657. The molecule has 1 aromatic carbocycles. The molecule has 1 fully saturated rings. The number of aryl methyl sites for hydroxylation is 2. The Kier molecular flexibility index (Phi) is 4.24. The van der Waals surface area contributed by atoms with E-state index >= 15 is 0 Å². The standard InChI is InChI=1S/C21H23N5O3/c1-2-26-17(11-27)23-24-20(26)13-8-14(9-13)22-21(29)16-10-25-7-6-12-4-3-5-15(18(12)25)19(16)28/h3-5,10,13-14,27H,2,6-9,11H2,1H3,(H,22,29). The van der Waals surface area contributed by atoms with E-state index in [1.54, 1.807) is 12.3 Å². The maximum Gasteiger partial charge on any atom is 0.256 e. The topological polar surface area (TPSA) is 102 Å². The van der Waals surface area contributed by atoms with E-state index < -0.39 is 0 Å². The SMILES string of the molecule is CCn1c(CO)nnc1C1CC(NC(=O)c2cn3c4c(cccc4c2=O)CC3)C1. The average Bonchev–Trinajstić information content (AvgIpc) is 3.31. The van der Waals surface area contributed by atoms with E-state index in [-0.39, 0.29) is 35.5 Å². The predicted molar refractivity (Wildman–Crippen MR) is 107 cm³/mol. The lowest BCUT2D eigenvalue weighted by molar-refractivity contribution is 0.0905. The fourth-order valence-corrected chi connectivity index (χ4v) is 4.64. The molecule has 0 bridgehead atoms. The van der Waals surface area contributed by atoms with Crippen molar-refractivity contribution in [3.05, 3.63) is 57.4 Å². The van der Waals surface area contributed by atoms with Crippen molar-refractivity contribution >= 4 is 16.8 Å². The lowest BCUT2D eigenvalue weighted by Gasteiger charge is -2.35. The molecule has 1 saturated carbocycles. The van der Waals surface area contributed by atoms with E-state index in [1.807, 2.05) is 28.2 Å². The van der Waals surface area contributed by atoms with Gasteiger partial charge >= 0.3 is 0 Å². The second-order valence-electron chi connectivity index (χ2n) is 7.84. The van der Waals surface area contributed by atoms with Gasteiger partial charge in [-0.05, 0) is 37.8 Å². The van der Waals surface area contributed by atoms with Gasteiger partial charge in [-0.3, -0.25) is 9.59 Å². The largest absolute Gasteiger partial charge is 0.388 e. The van der Waals surface area contributed by atoms with Crippen LogP contribution in [0.3, 0.4) is 0 Å². The molecule has 3 heterocycles. The summed E-state index contributed by atoms with van der Waals surface area (Å²) in [6, 6.07) is 5.73. The second-order valence-corrected chi connectivity index (χ2v) is 7.84. The molecule has 2 N–H and O–H groups in total. The van der Waals surface area contributed by atoms with Crippen LogP contribution in [0.4, 0.5) is 0 Å². The molecule has 5 rings (SSSR count). The number of pyridine rings is 1. The summed E-state index contributed by atoms with van der Waals surface area (Å²) in [4.78, 5) is 25.7. The molecule has 2 aliphatic rings. The number of amides is 1. The Bertz CT molecular complexity index is 1170. The van der Waals surface area contributed by atoms with E-state index in [1.165, 1.54) is 0 Å². The van der Waals surface area contributed by atoms with Crippen LogP contribution < -0.4 is 10.7 Å². The number of carbonyl (C=O) groups is 1. The van der Waals surface area contributed by atoms with Gasteiger partial charge in [0.15, 0.2) is 5.82 Å². The number of nitrogens with zero attached hydrogens (tertiary/aromatic N) is 4. The first kappa shape index (κ1) is 18.1. The van der Waals surface area contributed by atoms with Crippen molar-refractivity contribution in [1.82, 2.24) is 24.6 Å². The summed E-state index contributed by atoms with van der Waals surface area (Å²) in [5, 5.41) is 21.2. The Hall–Kier alpha value is -3.00. The van der Waals surface area contributed by atoms with Gasteiger partial charge in [0.1, 0.15) is 18.0 Å². The van der Waals surface area contributed by atoms with E-state index in [9.17, 15) is 14.7 Å². The monoisotopic (exact) mass is 393 g/mol. The molecule has 3 aromatic rings. The molecular weight excluding hydrogens is 370 g/mol. The van der Waals surface area contributed by atoms with Crippen LogP contribution in [-0.4, -0.2) is 36.4 Å². The first-order valence-corrected chi connectivity index (χ1v) is 10.1. The summed E-state index contributed by atoms with van der Waals surface area (Å²) in [7, 11) is 0. The third kappa shape index (κ3) is 2.78. The van der Waals surface area contributed by atoms with Gasteiger partial charge in [-0.1, -0.05) is 12.1 Å². The summed E-state index contributed by atoms with van der Waals surface area (Å²) in [5.41, 5.74) is 2.12. The number of aliphatic hydroxyl groups is 1. The fraction of sp³-hybridized carbons (Fsp3) is 0.429. The molecule has 0 spiro atoms. The molecule has 1 aliphatic heterocycles. The third-order valence-corrected chi connectivity index (χ3v) is 6.20. The zero-order valence-corrected chi connectivity index (χ0v) is 16.3. The van der Waals surface area contributed by atoms with Crippen molar-refractivity contribution in [3.63, 3.8) is 0 Å². The first-order valence-electron chi connectivity index (χ1n) is 10.1. The maximum atomic E-state index is 12.9. The highest BCUT2D eigenvalue weighted by atomic mass is 16.3. The van der Waals surface area contributed by atoms with Crippen LogP contribution in [-0.2, 0) is 26.1 Å². The fourth-order valence-electron chi connectivity index (χ4n) is 4.64. The first-order chi connectivity index (χ1) is 14.1. The summed E-state index contributed by atoms with van der Waals surface area (Å²) >= 11 is 0. The molecule has 0 saturated heterocycles. The molecule has 1 amide bonds. The van der Waals surface area contributed by atoms with E-state index in [0.29, 0.717) is 17.8 Å². The molecular formula is C21H23N5O3. The molecule has 0 atom stereocenters. The highest BCUT2D eigenvalue weighted by Crippen LogP contribution is 2.36. The Morgan fingerprint density at radius 2 is 2.14 bits per heavy atom. The number of nitrogens with one attached hydrogen (secondary N) is 1. The van der Waals surface area contributed by atoms with Crippen molar-refractivity contribution < 1.29 is 9.90 Å². The van der Waals surface area contributed by atoms with Crippen molar-refractivity contribution in [1.29, 1.82) is 0 Å². The number of aliphatic hydroxyl groups excluding tert-OH is 1. The Balaban J connectivity index is 1.33. The number of benzene rings is 1. The molecule has 8 heteroatoms. The van der Waals surface area contributed by atoms with Crippen LogP contribution in [0.2, 0.25) is 0 Å². The van der Waals surface area contributed by atoms with Crippen LogP contribution in [0.5, 0.6) is 0 Å². The van der Waals surface area contributed by atoms with Gasteiger partial charge in [0.25, 0.3) is 5.91 Å². The van der Waals surface area contributed by atoms with Gasteiger partial charge in [-0.25, -0.2) is 0 Å². The summed E-state index contributed by atoms with van der Waals surface area (Å²) in [6.07, 6.45) is 4.09. The minimum atomic E-state index is -0.311. The number of carbonyl (C=O) groups excluding carboxylic acids is 1. The van der Waals surface area contributed by atoms with Crippen LogP contribution in [0.25, 0.3) is 10.9 Å². The van der Waals surface area contributed by atoms with E-state index in [0.717, 1.165) is 42.7 Å². The zero-order chi connectivity index (χ0) is 20.1. The quantitative estimate of drug-likeness (QED) is 0.681. The van der Waals surface area contributed by atoms with E-state index in [4.69, 9.17) is 0 Å². The van der Waals surface area contributed by atoms with Crippen molar-refractivity contribution in [2.75, 3.05) is 0 Å². The number of hydrogen-bond donors (Lipinski definition) is 2. The maximum absolute atomic E-state index is 12.9. The molecule has 150 valence electrons. The molecule has 29 heavy (non-hydrogen) atoms. The number of rotatable bonds is 5. The lowest BCUT2D eigenvalue weighted by Crippen LogP contribution is -2.45. The van der Waals surface area contributed by atoms with Crippen LogP contribution in [0.15, 0.2) is 29.2 Å². The van der Waals surface area contributed by atoms with Gasteiger partial charge in [0.2, 0.25) is 5.43 Å². The van der Waals surface area contributed by atoms with Crippen molar-refractivity contribution in [3.8, 4) is 0 Å². The smallest absolute Gasteiger partial charge is 0.256 e. The van der Waals surface area contributed by atoms with Gasteiger partial charge in [0, 0.05) is 36.6 Å². The molecule has 0 radical (unpaired) electrons. The Labute approximate surface area is 167 Å². The number of aromatic nitrogens is 4. The molecule has 1 aliphatic carbocycles. The van der Waals surface area contributed by atoms with Gasteiger partial charge < -0.3 is 19.6 Å². The third-order valence-electron chi connectivity index (χ3n) is 6.20. The van der Waals surface area contributed by atoms with Crippen LogP contribution in [0.1, 0.15) is 53.3 Å². The van der Waals surface area contributed by atoms with Crippen LogP contribution >= 0.6 is 0 Å². The van der Waals surface area contributed by atoms with Gasteiger partial charge in [-0.15, -0.1) is 10.2 Å². The number of para-hydroxylation sites is 1. The average molecular weight is 393 g/mol. The van der Waals surface area contributed by atoms with E-state index in [2.05, 4.69) is 15.5 Å². The minimum Gasteiger partial charge on any atom is -0.388 e. The predicted octanol–water partition coefficient (Wildman–Crippen LogP) is 1.34. The highest BCUT2D eigenvalue weighted by Gasteiger charge is 2.35. The Morgan fingerprint density at radius 1 is 1.31 bits per heavy atom. The molecule has 2 aromatic heterocycles. The normalized spacial score (nSPS) is 20.1. The van der Waals surface area contributed by atoms with Crippen molar-refractivity contribution in [2.45, 2.75) is 57.8 Å². The van der Waals surface area contributed by atoms with Crippen LogP contribution in [0, 0.1) is 0 Å². The lowest BCUT2D eigenvalue weighted by atomic mass is 9.79. The summed E-state index contributed by atoms with van der Waals surface area (Å²) < 4.78 is 3.95. The Morgan fingerprint density at radius 3 is 2.90 bits per heavy atom. The highest BCUT2D eigenvalue weighted by molar-refractivity contribution is 5.98. The van der Waals surface area contributed by atoms with Gasteiger partial charge in [-0.2, -0.15) is 0 Å². The summed E-state index contributed by atoms with van der Waals surface area (Å²) in [5.74, 6) is 1.31. The summed E-state index contributed by atoms with van der Waals surface area (Å²) in [6.45, 7) is 3.35. The van der Waals surface area contributed by atoms with Gasteiger partial charge in [0.05, 0.1) is 5.52 Å².